The zero-order valence-electron chi connectivity index (χ0n) is 13.0. The molecule has 0 bridgehead atoms. The van der Waals surface area contributed by atoms with Gasteiger partial charge in [-0.05, 0) is 48.9 Å². The summed E-state index contributed by atoms with van der Waals surface area (Å²) in [6.07, 6.45) is 2.27. The van der Waals surface area contributed by atoms with Crippen LogP contribution in [0.25, 0.3) is 10.8 Å². The van der Waals surface area contributed by atoms with Crippen molar-refractivity contribution >= 4 is 10.8 Å². The molecule has 0 aliphatic heterocycles. The number of benzene rings is 2. The zero-order chi connectivity index (χ0) is 14.6. The molecule has 0 aliphatic rings. The third kappa shape index (κ3) is 3.31. The van der Waals surface area contributed by atoms with Crippen molar-refractivity contribution in [1.82, 2.24) is 5.32 Å². The van der Waals surface area contributed by atoms with Gasteiger partial charge in [-0.2, -0.15) is 0 Å². The van der Waals surface area contributed by atoms with Crippen LogP contribution in [0.3, 0.4) is 0 Å². The Hall–Kier alpha value is -1.54. The first-order valence-corrected chi connectivity index (χ1v) is 7.26. The second-order valence-electron chi connectivity index (χ2n) is 6.17. The summed E-state index contributed by atoms with van der Waals surface area (Å²) in [6.45, 7) is 5.67. The highest BCUT2D eigenvalue weighted by atomic mass is 16.5. The average molecular weight is 271 g/mol. The minimum absolute atomic E-state index is 0.315. The van der Waals surface area contributed by atoms with E-state index in [0.717, 1.165) is 18.7 Å². The maximum Gasteiger partial charge on any atom is 0.126 e. The molecule has 2 rings (SSSR count). The minimum Gasteiger partial charge on any atom is -0.496 e. The molecule has 20 heavy (non-hydrogen) atoms. The Bertz CT molecular complexity index is 575. The molecule has 0 atom stereocenters. The summed E-state index contributed by atoms with van der Waals surface area (Å²) in [6, 6.07) is 12.8. The lowest BCUT2D eigenvalue weighted by molar-refractivity contribution is 0.325. The van der Waals surface area contributed by atoms with E-state index in [9.17, 15) is 0 Å². The molecule has 2 aromatic rings. The summed E-state index contributed by atoms with van der Waals surface area (Å²) >= 11 is 0. The van der Waals surface area contributed by atoms with Crippen LogP contribution in [-0.4, -0.2) is 20.7 Å². The lowest BCUT2D eigenvalue weighted by Gasteiger charge is -2.24. The van der Waals surface area contributed by atoms with Crippen molar-refractivity contribution in [3.63, 3.8) is 0 Å². The lowest BCUT2D eigenvalue weighted by Crippen LogP contribution is -2.27. The van der Waals surface area contributed by atoms with Crippen molar-refractivity contribution < 1.29 is 4.74 Å². The van der Waals surface area contributed by atoms with Crippen molar-refractivity contribution in [2.75, 3.05) is 20.7 Å². The summed E-state index contributed by atoms with van der Waals surface area (Å²) in [5.41, 5.74) is 1.72. The summed E-state index contributed by atoms with van der Waals surface area (Å²) < 4.78 is 5.46. The van der Waals surface area contributed by atoms with Crippen LogP contribution in [0.1, 0.15) is 25.8 Å². The summed E-state index contributed by atoms with van der Waals surface area (Å²) in [7, 11) is 3.75. The lowest BCUT2D eigenvalue weighted by atomic mass is 9.85. The van der Waals surface area contributed by atoms with E-state index in [1.54, 1.807) is 7.11 Å². The van der Waals surface area contributed by atoms with Crippen LogP contribution in [0.15, 0.2) is 36.4 Å². The van der Waals surface area contributed by atoms with Gasteiger partial charge in [0.2, 0.25) is 0 Å². The number of nitrogens with one attached hydrogen (secondary N) is 1. The zero-order valence-corrected chi connectivity index (χ0v) is 13.0. The van der Waals surface area contributed by atoms with E-state index < -0.39 is 0 Å². The average Bonchev–Trinajstić information content (AvgIpc) is 2.44. The fourth-order valence-electron chi connectivity index (χ4n) is 2.77. The normalized spacial score (nSPS) is 11.8. The Morgan fingerprint density at radius 2 is 1.75 bits per heavy atom. The van der Waals surface area contributed by atoms with Crippen LogP contribution < -0.4 is 10.1 Å². The van der Waals surface area contributed by atoms with E-state index in [1.807, 2.05) is 7.05 Å². The van der Waals surface area contributed by atoms with E-state index in [1.165, 1.54) is 22.8 Å². The summed E-state index contributed by atoms with van der Waals surface area (Å²) in [4.78, 5) is 0. The third-order valence-electron chi connectivity index (χ3n) is 3.92. The van der Waals surface area contributed by atoms with Crippen molar-refractivity contribution in [3.05, 3.63) is 42.0 Å². The van der Waals surface area contributed by atoms with E-state index in [-0.39, 0.29) is 0 Å². The smallest absolute Gasteiger partial charge is 0.126 e. The predicted molar refractivity (Wildman–Crippen MR) is 86.5 cm³/mol. The third-order valence-corrected chi connectivity index (χ3v) is 3.92. The van der Waals surface area contributed by atoms with E-state index in [0.29, 0.717) is 5.41 Å². The van der Waals surface area contributed by atoms with Gasteiger partial charge < -0.3 is 10.1 Å². The molecule has 0 saturated carbocycles. The number of fused-ring (bicyclic) bond motifs is 1. The molecule has 0 aliphatic carbocycles. The van der Waals surface area contributed by atoms with Gasteiger partial charge in [0.05, 0.1) is 7.11 Å². The topological polar surface area (TPSA) is 21.3 Å². The van der Waals surface area contributed by atoms with Crippen molar-refractivity contribution in [2.24, 2.45) is 5.41 Å². The Kier molecular flexibility index (Phi) is 4.66. The largest absolute Gasteiger partial charge is 0.496 e. The fraction of sp³-hybridized carbons (Fsp3) is 0.444. The number of hydrogen-bond donors (Lipinski definition) is 1. The highest BCUT2D eigenvalue weighted by molar-refractivity contribution is 5.91. The molecule has 1 N–H and O–H groups in total. The molecule has 2 nitrogen and oxygen atoms in total. The first-order chi connectivity index (χ1) is 9.57. The highest BCUT2D eigenvalue weighted by Crippen LogP contribution is 2.31. The SMILES string of the molecule is CNCC(C)(C)CCc1ccc(OC)c2ccccc12. The van der Waals surface area contributed by atoms with Gasteiger partial charge in [-0.25, -0.2) is 0 Å². The molecule has 0 unspecified atom stereocenters. The van der Waals surface area contributed by atoms with Gasteiger partial charge in [0, 0.05) is 5.39 Å². The molecule has 0 saturated heterocycles. The Balaban J connectivity index is 2.27. The van der Waals surface area contributed by atoms with Gasteiger partial charge in [-0.3, -0.25) is 0 Å². The van der Waals surface area contributed by atoms with Crippen LogP contribution in [0, 0.1) is 5.41 Å². The second kappa shape index (κ2) is 6.27. The minimum atomic E-state index is 0.315. The molecule has 2 heteroatoms. The van der Waals surface area contributed by atoms with Gasteiger partial charge >= 0.3 is 0 Å². The number of ether oxygens (including phenoxy) is 1. The maximum absolute atomic E-state index is 5.46. The van der Waals surface area contributed by atoms with Crippen LogP contribution in [0.2, 0.25) is 0 Å². The van der Waals surface area contributed by atoms with E-state index in [2.05, 4.69) is 55.6 Å². The van der Waals surface area contributed by atoms with Crippen LogP contribution >= 0.6 is 0 Å². The van der Waals surface area contributed by atoms with Gasteiger partial charge in [0.15, 0.2) is 0 Å². The molecule has 0 spiro atoms. The monoisotopic (exact) mass is 271 g/mol. The quantitative estimate of drug-likeness (QED) is 0.856. The number of aryl methyl sites for hydroxylation is 1. The first kappa shape index (κ1) is 14.9. The standard InChI is InChI=1S/C18H25NO/c1-18(2,13-19-3)12-11-14-9-10-17(20-4)16-8-6-5-7-15(14)16/h5-10,19H,11-13H2,1-4H3. The molecule has 2 aromatic carbocycles. The maximum atomic E-state index is 5.46. The number of methoxy groups -OCH3 is 1. The first-order valence-electron chi connectivity index (χ1n) is 7.26. The molecule has 0 amide bonds. The molecule has 0 aromatic heterocycles. The molecule has 0 radical (unpaired) electrons. The Labute approximate surface area is 122 Å². The van der Waals surface area contributed by atoms with Crippen LogP contribution in [-0.2, 0) is 6.42 Å². The molecule has 0 fully saturated rings. The fourth-order valence-corrected chi connectivity index (χ4v) is 2.77. The van der Waals surface area contributed by atoms with Crippen LogP contribution in [0.4, 0.5) is 0 Å². The van der Waals surface area contributed by atoms with Gasteiger partial charge in [0.1, 0.15) is 5.75 Å². The Morgan fingerprint density at radius 3 is 2.40 bits per heavy atom. The van der Waals surface area contributed by atoms with Crippen LogP contribution in [0.5, 0.6) is 5.75 Å². The van der Waals surface area contributed by atoms with Gasteiger partial charge in [-0.1, -0.05) is 44.2 Å². The summed E-state index contributed by atoms with van der Waals surface area (Å²) in [5, 5.41) is 5.80. The van der Waals surface area contributed by atoms with Gasteiger partial charge in [-0.15, -0.1) is 0 Å². The Morgan fingerprint density at radius 1 is 1.05 bits per heavy atom. The second-order valence-corrected chi connectivity index (χ2v) is 6.17. The molecular weight excluding hydrogens is 246 g/mol. The number of rotatable bonds is 6. The summed E-state index contributed by atoms with van der Waals surface area (Å²) in [5.74, 6) is 0.957. The predicted octanol–water partition coefficient (Wildman–Crippen LogP) is 4.03. The number of hydrogen-bond acceptors (Lipinski definition) is 2. The van der Waals surface area contributed by atoms with Crippen molar-refractivity contribution in [2.45, 2.75) is 26.7 Å². The van der Waals surface area contributed by atoms with Crippen molar-refractivity contribution in [1.29, 1.82) is 0 Å². The molecule has 0 heterocycles. The van der Waals surface area contributed by atoms with E-state index in [4.69, 9.17) is 4.74 Å². The highest BCUT2D eigenvalue weighted by Gasteiger charge is 2.17. The van der Waals surface area contributed by atoms with Gasteiger partial charge in [0.25, 0.3) is 0 Å². The van der Waals surface area contributed by atoms with E-state index >= 15 is 0 Å². The molecular formula is C18H25NO. The van der Waals surface area contributed by atoms with Crippen molar-refractivity contribution in [3.8, 4) is 5.75 Å². The molecule has 108 valence electrons.